The van der Waals surface area contributed by atoms with Crippen LogP contribution in [0, 0.1) is 5.41 Å². The lowest BCUT2D eigenvalue weighted by atomic mass is 9.86. The van der Waals surface area contributed by atoms with Crippen molar-refractivity contribution in [1.29, 1.82) is 0 Å². The molecular formula is C8H14O. The van der Waals surface area contributed by atoms with Crippen molar-refractivity contribution < 1.29 is 4.74 Å². The van der Waals surface area contributed by atoms with Gasteiger partial charge in [0.1, 0.15) is 0 Å². The Bertz CT molecular complexity index is 110. The minimum Gasteiger partial charge on any atom is -0.378 e. The Balaban J connectivity index is 2.17. The van der Waals surface area contributed by atoms with Gasteiger partial charge in [-0.3, -0.25) is 0 Å². The molecule has 0 radical (unpaired) electrons. The van der Waals surface area contributed by atoms with Crippen molar-refractivity contribution >= 4 is 0 Å². The normalized spacial score (nSPS) is 49.7. The van der Waals surface area contributed by atoms with E-state index in [2.05, 4.69) is 6.92 Å². The highest BCUT2D eigenvalue weighted by Gasteiger charge is 2.43. The van der Waals surface area contributed by atoms with E-state index in [0.717, 1.165) is 6.61 Å². The Morgan fingerprint density at radius 3 is 3.11 bits per heavy atom. The minimum atomic E-state index is 0.583. The molecule has 0 aromatic rings. The largest absolute Gasteiger partial charge is 0.378 e. The molecule has 1 heteroatoms. The zero-order valence-corrected chi connectivity index (χ0v) is 6.02. The summed E-state index contributed by atoms with van der Waals surface area (Å²) in [5, 5.41) is 0. The van der Waals surface area contributed by atoms with Crippen LogP contribution in [0.4, 0.5) is 0 Å². The number of hydrogen-bond donors (Lipinski definition) is 0. The van der Waals surface area contributed by atoms with Gasteiger partial charge in [0.2, 0.25) is 0 Å². The summed E-state index contributed by atoms with van der Waals surface area (Å²) in [5.74, 6) is 0. The van der Waals surface area contributed by atoms with Gasteiger partial charge in [-0.25, -0.2) is 0 Å². The molecule has 0 N–H and O–H groups in total. The van der Waals surface area contributed by atoms with Crippen LogP contribution in [0.2, 0.25) is 0 Å². The van der Waals surface area contributed by atoms with Crippen LogP contribution in [0.3, 0.4) is 0 Å². The van der Waals surface area contributed by atoms with Crippen LogP contribution < -0.4 is 0 Å². The molecule has 1 aliphatic carbocycles. The Kier molecular flexibility index (Phi) is 1.10. The molecular weight excluding hydrogens is 112 g/mol. The lowest BCUT2D eigenvalue weighted by Crippen LogP contribution is -2.20. The van der Waals surface area contributed by atoms with Crippen molar-refractivity contribution in [2.45, 2.75) is 38.7 Å². The van der Waals surface area contributed by atoms with Crippen molar-refractivity contribution in [3.05, 3.63) is 0 Å². The van der Waals surface area contributed by atoms with Gasteiger partial charge in [0.05, 0.1) is 6.10 Å². The van der Waals surface area contributed by atoms with Gasteiger partial charge < -0.3 is 4.74 Å². The standard InChI is InChI=1S/C8H14O/c1-8-4-2-3-7(8)9-6-5-8/h7H,2-6H2,1H3. The highest BCUT2D eigenvalue weighted by Crippen LogP contribution is 2.46. The third-order valence-corrected chi connectivity index (χ3v) is 2.98. The fourth-order valence-electron chi connectivity index (χ4n) is 2.21. The van der Waals surface area contributed by atoms with Gasteiger partial charge in [-0.2, -0.15) is 0 Å². The first-order valence-electron chi connectivity index (χ1n) is 3.93. The molecule has 2 fully saturated rings. The minimum absolute atomic E-state index is 0.583. The van der Waals surface area contributed by atoms with Gasteiger partial charge in [-0.05, 0) is 24.7 Å². The van der Waals surface area contributed by atoms with Crippen molar-refractivity contribution in [3.8, 4) is 0 Å². The maximum atomic E-state index is 5.58. The van der Waals surface area contributed by atoms with Crippen LogP contribution in [0.5, 0.6) is 0 Å². The topological polar surface area (TPSA) is 9.23 Å². The van der Waals surface area contributed by atoms with E-state index in [9.17, 15) is 0 Å². The number of ether oxygens (including phenoxy) is 1. The van der Waals surface area contributed by atoms with Gasteiger partial charge in [-0.1, -0.05) is 13.3 Å². The maximum Gasteiger partial charge on any atom is 0.0629 e. The molecule has 2 unspecified atom stereocenters. The summed E-state index contributed by atoms with van der Waals surface area (Å²) >= 11 is 0. The Morgan fingerprint density at radius 1 is 1.44 bits per heavy atom. The third kappa shape index (κ3) is 0.710. The molecule has 0 amide bonds. The molecule has 0 bridgehead atoms. The summed E-state index contributed by atoms with van der Waals surface area (Å²) in [6.45, 7) is 3.39. The van der Waals surface area contributed by atoms with E-state index in [4.69, 9.17) is 4.74 Å². The summed E-state index contributed by atoms with van der Waals surface area (Å²) in [6, 6.07) is 0. The highest BCUT2D eigenvalue weighted by molar-refractivity contribution is 4.92. The van der Waals surface area contributed by atoms with Gasteiger partial charge in [0.25, 0.3) is 0 Å². The van der Waals surface area contributed by atoms with Crippen molar-refractivity contribution in [2.24, 2.45) is 5.41 Å². The molecule has 52 valence electrons. The van der Waals surface area contributed by atoms with Gasteiger partial charge >= 0.3 is 0 Å². The van der Waals surface area contributed by atoms with Crippen LogP contribution in [0.15, 0.2) is 0 Å². The van der Waals surface area contributed by atoms with E-state index in [0.29, 0.717) is 11.5 Å². The molecule has 2 atom stereocenters. The highest BCUT2D eigenvalue weighted by atomic mass is 16.5. The average Bonchev–Trinajstić information content (AvgIpc) is 2.22. The fraction of sp³-hybridized carbons (Fsp3) is 1.00. The van der Waals surface area contributed by atoms with Gasteiger partial charge in [0, 0.05) is 6.61 Å². The number of rotatable bonds is 0. The molecule has 1 saturated carbocycles. The average molecular weight is 126 g/mol. The lowest BCUT2D eigenvalue weighted by molar-refractivity contribution is 0.0772. The van der Waals surface area contributed by atoms with Crippen molar-refractivity contribution in [3.63, 3.8) is 0 Å². The first-order valence-corrected chi connectivity index (χ1v) is 3.93. The van der Waals surface area contributed by atoms with Crippen molar-refractivity contribution in [2.75, 3.05) is 6.61 Å². The second-order valence-corrected chi connectivity index (χ2v) is 3.66. The smallest absolute Gasteiger partial charge is 0.0629 e. The van der Waals surface area contributed by atoms with E-state index in [1.807, 2.05) is 0 Å². The first-order chi connectivity index (χ1) is 4.31. The maximum absolute atomic E-state index is 5.58. The van der Waals surface area contributed by atoms with Crippen molar-refractivity contribution in [1.82, 2.24) is 0 Å². The summed E-state index contributed by atoms with van der Waals surface area (Å²) < 4.78 is 5.58. The molecule has 1 nitrogen and oxygen atoms in total. The predicted molar refractivity (Wildman–Crippen MR) is 36.3 cm³/mol. The SMILES string of the molecule is CC12CCCC1OCC2. The zero-order valence-electron chi connectivity index (χ0n) is 6.02. The third-order valence-electron chi connectivity index (χ3n) is 2.98. The number of fused-ring (bicyclic) bond motifs is 1. The predicted octanol–water partition coefficient (Wildman–Crippen LogP) is 1.97. The van der Waals surface area contributed by atoms with Gasteiger partial charge in [0.15, 0.2) is 0 Å². The van der Waals surface area contributed by atoms with E-state index in [-0.39, 0.29) is 0 Å². The number of hydrogen-bond acceptors (Lipinski definition) is 1. The molecule has 9 heavy (non-hydrogen) atoms. The van der Waals surface area contributed by atoms with Crippen LogP contribution in [-0.2, 0) is 4.74 Å². The first kappa shape index (κ1) is 5.72. The van der Waals surface area contributed by atoms with E-state index < -0.39 is 0 Å². The lowest BCUT2D eigenvalue weighted by Gasteiger charge is -2.20. The second-order valence-electron chi connectivity index (χ2n) is 3.66. The van der Waals surface area contributed by atoms with Crippen LogP contribution in [0.1, 0.15) is 32.6 Å². The summed E-state index contributed by atoms with van der Waals surface area (Å²) in [5.41, 5.74) is 0.583. The summed E-state index contributed by atoms with van der Waals surface area (Å²) in [6.07, 6.45) is 6.03. The van der Waals surface area contributed by atoms with E-state index in [1.165, 1.54) is 25.7 Å². The fourth-order valence-corrected chi connectivity index (χ4v) is 2.21. The Labute approximate surface area is 56.4 Å². The molecule has 1 aliphatic heterocycles. The zero-order chi connectivity index (χ0) is 6.32. The molecule has 0 spiro atoms. The molecule has 1 heterocycles. The second kappa shape index (κ2) is 1.72. The molecule has 1 saturated heterocycles. The molecule has 2 aliphatic rings. The van der Waals surface area contributed by atoms with Crippen LogP contribution >= 0.6 is 0 Å². The van der Waals surface area contributed by atoms with Gasteiger partial charge in [-0.15, -0.1) is 0 Å². The van der Waals surface area contributed by atoms with Crippen LogP contribution in [-0.4, -0.2) is 12.7 Å². The Hall–Kier alpha value is -0.0400. The Morgan fingerprint density at radius 2 is 2.33 bits per heavy atom. The van der Waals surface area contributed by atoms with Crippen LogP contribution in [0.25, 0.3) is 0 Å². The molecule has 2 rings (SSSR count). The quantitative estimate of drug-likeness (QED) is 0.482. The molecule has 0 aromatic carbocycles. The van der Waals surface area contributed by atoms with E-state index >= 15 is 0 Å². The molecule has 0 aromatic heterocycles. The van der Waals surface area contributed by atoms with E-state index in [1.54, 1.807) is 0 Å². The summed E-state index contributed by atoms with van der Waals surface area (Å²) in [4.78, 5) is 0. The summed E-state index contributed by atoms with van der Waals surface area (Å²) in [7, 11) is 0. The monoisotopic (exact) mass is 126 g/mol.